The summed E-state index contributed by atoms with van der Waals surface area (Å²) in [5.74, 6) is -0.753. The molecule has 0 aliphatic heterocycles. The second-order valence-electron chi connectivity index (χ2n) is 8.35. The van der Waals surface area contributed by atoms with Crippen LogP contribution in [0.4, 0.5) is 5.88 Å². The first-order chi connectivity index (χ1) is 12.4. The van der Waals surface area contributed by atoms with Crippen LogP contribution in [0.2, 0.25) is 0 Å². The number of ketones is 1. The first-order valence-corrected chi connectivity index (χ1v) is 10.7. The van der Waals surface area contributed by atoms with E-state index in [1.54, 1.807) is 13.8 Å². The van der Waals surface area contributed by atoms with E-state index in [0.29, 0.717) is 31.4 Å². The molecule has 1 aromatic rings. The number of sulfone groups is 1. The maximum Gasteiger partial charge on any atom is 0.247 e. The van der Waals surface area contributed by atoms with E-state index in [4.69, 9.17) is 4.52 Å². The van der Waals surface area contributed by atoms with Crippen molar-refractivity contribution in [2.24, 2.45) is 5.92 Å². The second-order valence-corrected chi connectivity index (χ2v) is 10.9. The van der Waals surface area contributed by atoms with Gasteiger partial charge in [0.1, 0.15) is 10.5 Å². The molecule has 0 radical (unpaired) electrons. The fourth-order valence-electron chi connectivity index (χ4n) is 2.82. The number of rotatable bonds is 7. The summed E-state index contributed by atoms with van der Waals surface area (Å²) in [6.07, 6.45) is 1.87. The molecule has 0 unspecified atom stereocenters. The van der Waals surface area contributed by atoms with Crippen molar-refractivity contribution in [1.82, 2.24) is 5.16 Å². The van der Waals surface area contributed by atoms with Gasteiger partial charge in [0.25, 0.3) is 0 Å². The summed E-state index contributed by atoms with van der Waals surface area (Å²) >= 11 is 0. The van der Waals surface area contributed by atoms with Crippen LogP contribution in [-0.2, 0) is 24.8 Å². The number of hydrogen-bond acceptors (Lipinski definition) is 7. The molecule has 1 heterocycles. The first-order valence-electron chi connectivity index (χ1n) is 9.02. The summed E-state index contributed by atoms with van der Waals surface area (Å²) in [4.78, 5) is 24.0. The molecule has 9 heteroatoms. The molecule has 8 nitrogen and oxygen atoms in total. The van der Waals surface area contributed by atoms with E-state index in [1.165, 1.54) is 19.9 Å². The van der Waals surface area contributed by atoms with Crippen LogP contribution in [0.25, 0.3) is 0 Å². The van der Waals surface area contributed by atoms with E-state index in [9.17, 15) is 23.1 Å². The zero-order valence-corrected chi connectivity index (χ0v) is 17.1. The van der Waals surface area contributed by atoms with E-state index < -0.39 is 25.9 Å². The summed E-state index contributed by atoms with van der Waals surface area (Å²) in [5, 5.41) is 15.7. The van der Waals surface area contributed by atoms with Gasteiger partial charge in [-0.1, -0.05) is 19.0 Å². The average Bonchev–Trinajstić information content (AvgIpc) is 3.06. The lowest BCUT2D eigenvalue weighted by Gasteiger charge is -2.27. The lowest BCUT2D eigenvalue weighted by molar-refractivity contribution is -0.121. The number of carbonyl (C=O) groups excluding carboxylic acids is 2. The van der Waals surface area contributed by atoms with Gasteiger partial charge in [0.15, 0.2) is 9.84 Å². The van der Waals surface area contributed by atoms with Crippen molar-refractivity contribution in [1.29, 1.82) is 0 Å². The van der Waals surface area contributed by atoms with Crippen molar-refractivity contribution in [3.8, 4) is 0 Å². The molecule has 1 aliphatic carbocycles. The SMILES string of the molecule is CC(C)(CO)c1cc(NC(=O)C(C)(C)S(=O)(=O)CC2CCC(=O)CC2)on1. The number of nitrogens with zero attached hydrogens (tertiary/aromatic N) is 1. The quantitative estimate of drug-likeness (QED) is 0.715. The molecule has 152 valence electrons. The third-order valence-electron chi connectivity index (χ3n) is 5.28. The van der Waals surface area contributed by atoms with Gasteiger partial charge in [0, 0.05) is 24.3 Å². The molecule has 2 N–H and O–H groups in total. The fourth-order valence-corrected chi connectivity index (χ4v) is 4.53. The highest BCUT2D eigenvalue weighted by atomic mass is 32.2. The Kier molecular flexibility index (Phi) is 6.16. The molecule has 0 atom stereocenters. The maximum absolute atomic E-state index is 12.8. The van der Waals surface area contributed by atoms with Crippen LogP contribution in [0.5, 0.6) is 0 Å². The van der Waals surface area contributed by atoms with Gasteiger partial charge in [-0.2, -0.15) is 0 Å². The number of Topliss-reactive ketones (excluding diaryl/α,β-unsaturated/α-hetero) is 1. The fraction of sp³-hybridized carbons (Fsp3) is 0.722. The number of carbonyl (C=O) groups is 2. The number of amides is 1. The number of hydrogen-bond donors (Lipinski definition) is 2. The molecule has 1 aliphatic rings. The topological polar surface area (TPSA) is 127 Å². The Bertz CT molecular complexity index is 800. The van der Waals surface area contributed by atoms with Crippen molar-refractivity contribution in [2.45, 2.75) is 63.5 Å². The molecule has 0 spiro atoms. The van der Waals surface area contributed by atoms with Gasteiger partial charge < -0.3 is 9.63 Å². The molecular weight excluding hydrogens is 372 g/mol. The number of nitrogens with one attached hydrogen (secondary N) is 1. The molecule has 1 aromatic heterocycles. The Labute approximate surface area is 159 Å². The Morgan fingerprint density at radius 3 is 2.44 bits per heavy atom. The van der Waals surface area contributed by atoms with Crippen molar-refractivity contribution >= 4 is 27.4 Å². The van der Waals surface area contributed by atoms with E-state index in [-0.39, 0.29) is 29.9 Å². The molecular formula is C18H28N2O6S. The standard InChI is InChI=1S/C18H28N2O6S/c1-17(2,11-21)14-9-15(26-20-14)19-16(23)18(3,4)27(24,25)10-12-5-7-13(22)8-6-12/h9,12,21H,5-8,10-11H2,1-4H3,(H,19,23). The number of aliphatic hydroxyl groups excluding tert-OH is 1. The minimum atomic E-state index is -3.75. The molecule has 0 aromatic carbocycles. The Hall–Kier alpha value is -1.74. The van der Waals surface area contributed by atoms with E-state index in [0.717, 1.165) is 0 Å². The number of aliphatic hydroxyl groups is 1. The van der Waals surface area contributed by atoms with Crippen LogP contribution in [0.3, 0.4) is 0 Å². The third-order valence-corrected chi connectivity index (χ3v) is 7.93. The summed E-state index contributed by atoms with van der Waals surface area (Å²) in [6.45, 7) is 6.09. The van der Waals surface area contributed by atoms with Gasteiger partial charge in [0.05, 0.1) is 18.1 Å². The molecule has 1 saturated carbocycles. The zero-order chi connectivity index (χ0) is 20.5. The summed E-state index contributed by atoms with van der Waals surface area (Å²) in [5.41, 5.74) is -0.195. The predicted molar refractivity (Wildman–Crippen MR) is 100 cm³/mol. The van der Waals surface area contributed by atoms with Crippen molar-refractivity contribution in [3.05, 3.63) is 11.8 Å². The lowest BCUT2D eigenvalue weighted by atomic mass is 9.90. The van der Waals surface area contributed by atoms with Gasteiger partial charge in [-0.3, -0.25) is 14.9 Å². The largest absolute Gasteiger partial charge is 0.395 e. The second kappa shape index (κ2) is 7.71. The van der Waals surface area contributed by atoms with Gasteiger partial charge in [-0.25, -0.2) is 8.42 Å². The van der Waals surface area contributed by atoms with Crippen molar-refractivity contribution < 1.29 is 27.6 Å². The maximum atomic E-state index is 12.8. The van der Waals surface area contributed by atoms with Gasteiger partial charge in [-0.05, 0) is 32.6 Å². The minimum absolute atomic E-state index is 0.0306. The van der Waals surface area contributed by atoms with Gasteiger partial charge >= 0.3 is 0 Å². The van der Waals surface area contributed by atoms with Crippen LogP contribution in [0, 0.1) is 5.92 Å². The van der Waals surface area contributed by atoms with Gasteiger partial charge in [0.2, 0.25) is 11.8 Å². The predicted octanol–water partition coefficient (Wildman–Crippen LogP) is 1.84. The monoisotopic (exact) mass is 400 g/mol. The normalized spacial score (nSPS) is 17.1. The summed E-state index contributed by atoms with van der Waals surface area (Å²) in [7, 11) is -3.75. The van der Waals surface area contributed by atoms with Crippen LogP contribution in [0.1, 0.15) is 59.1 Å². The van der Waals surface area contributed by atoms with E-state index in [2.05, 4.69) is 10.5 Å². The minimum Gasteiger partial charge on any atom is -0.395 e. The van der Waals surface area contributed by atoms with E-state index in [1.807, 2.05) is 0 Å². The lowest BCUT2D eigenvalue weighted by Crippen LogP contribution is -2.46. The van der Waals surface area contributed by atoms with Crippen LogP contribution < -0.4 is 5.32 Å². The highest BCUT2D eigenvalue weighted by Crippen LogP contribution is 2.29. The average molecular weight is 400 g/mol. The zero-order valence-electron chi connectivity index (χ0n) is 16.2. The molecule has 0 bridgehead atoms. The van der Waals surface area contributed by atoms with Crippen LogP contribution in [-0.4, -0.2) is 47.5 Å². The highest BCUT2D eigenvalue weighted by molar-refractivity contribution is 7.93. The number of aromatic nitrogens is 1. The summed E-state index contributed by atoms with van der Waals surface area (Å²) < 4.78 is 29.0. The Morgan fingerprint density at radius 2 is 1.89 bits per heavy atom. The Balaban J connectivity index is 2.08. The van der Waals surface area contributed by atoms with Crippen molar-refractivity contribution in [3.63, 3.8) is 0 Å². The molecule has 1 fully saturated rings. The first kappa shape index (κ1) is 21.6. The summed E-state index contributed by atoms with van der Waals surface area (Å²) in [6, 6.07) is 1.48. The van der Waals surface area contributed by atoms with Crippen LogP contribution >= 0.6 is 0 Å². The highest BCUT2D eigenvalue weighted by Gasteiger charge is 2.43. The van der Waals surface area contributed by atoms with Crippen LogP contribution in [0.15, 0.2) is 10.6 Å². The third kappa shape index (κ3) is 4.76. The smallest absolute Gasteiger partial charge is 0.247 e. The Morgan fingerprint density at radius 1 is 1.30 bits per heavy atom. The molecule has 1 amide bonds. The van der Waals surface area contributed by atoms with Crippen molar-refractivity contribution in [2.75, 3.05) is 17.7 Å². The number of anilines is 1. The molecule has 27 heavy (non-hydrogen) atoms. The van der Waals surface area contributed by atoms with E-state index >= 15 is 0 Å². The van der Waals surface area contributed by atoms with Gasteiger partial charge in [-0.15, -0.1) is 0 Å². The molecule has 0 saturated heterocycles. The molecule has 2 rings (SSSR count).